The third-order valence-electron chi connectivity index (χ3n) is 2.60. The fraction of sp³-hybridized carbons (Fsp3) is 0.700. The lowest BCUT2D eigenvalue weighted by molar-refractivity contribution is -0.130. The van der Waals surface area contributed by atoms with Gasteiger partial charge in [0, 0.05) is 11.8 Å². The van der Waals surface area contributed by atoms with Crippen molar-refractivity contribution in [1.82, 2.24) is 0 Å². The predicted molar refractivity (Wildman–Crippen MR) is 46.3 cm³/mol. The summed E-state index contributed by atoms with van der Waals surface area (Å²) in [7, 11) is 0. The van der Waals surface area contributed by atoms with E-state index in [1.165, 1.54) is 0 Å². The van der Waals surface area contributed by atoms with E-state index in [2.05, 4.69) is 6.58 Å². The first-order valence-electron chi connectivity index (χ1n) is 4.22. The Morgan fingerprint density at radius 2 is 2.27 bits per heavy atom. The van der Waals surface area contributed by atoms with Crippen LogP contribution in [0.4, 0.5) is 0 Å². The van der Waals surface area contributed by atoms with E-state index >= 15 is 0 Å². The topological polar surface area (TPSA) is 17.1 Å². The number of hydrogen-bond donors (Lipinski definition) is 0. The number of ketones is 1. The zero-order chi connectivity index (χ0) is 8.48. The summed E-state index contributed by atoms with van der Waals surface area (Å²) in [6.45, 7) is 7.83. The zero-order valence-corrected chi connectivity index (χ0v) is 7.39. The highest BCUT2D eigenvalue weighted by atomic mass is 16.1. The largest absolute Gasteiger partial charge is 0.299 e. The van der Waals surface area contributed by atoms with Crippen LogP contribution in [0, 0.1) is 11.3 Å². The Kier molecular flexibility index (Phi) is 2.17. The number of hydrogen-bond acceptors (Lipinski definition) is 1. The molecule has 0 spiro atoms. The van der Waals surface area contributed by atoms with Crippen molar-refractivity contribution in [3.8, 4) is 0 Å². The van der Waals surface area contributed by atoms with E-state index in [9.17, 15) is 4.79 Å². The summed E-state index contributed by atoms with van der Waals surface area (Å²) in [5.74, 6) is 0.971. The fourth-order valence-electron chi connectivity index (χ4n) is 1.73. The molecule has 1 fully saturated rings. The van der Waals surface area contributed by atoms with Gasteiger partial charge >= 0.3 is 0 Å². The summed E-state index contributed by atoms with van der Waals surface area (Å²) >= 11 is 0. The van der Waals surface area contributed by atoms with E-state index in [0.29, 0.717) is 11.7 Å². The number of carbonyl (C=O) groups is 1. The minimum absolute atomic E-state index is 0.100. The molecule has 1 heteroatoms. The van der Waals surface area contributed by atoms with E-state index in [4.69, 9.17) is 0 Å². The molecule has 0 saturated heterocycles. The van der Waals surface area contributed by atoms with Gasteiger partial charge in [-0.05, 0) is 18.8 Å². The molecule has 1 rings (SSSR count). The Balaban J connectivity index is 2.66. The van der Waals surface area contributed by atoms with Crippen LogP contribution >= 0.6 is 0 Å². The second kappa shape index (κ2) is 2.80. The van der Waals surface area contributed by atoms with Gasteiger partial charge in [0.25, 0.3) is 0 Å². The van der Waals surface area contributed by atoms with E-state index in [1.807, 2.05) is 19.9 Å². The van der Waals surface area contributed by atoms with Crippen molar-refractivity contribution < 1.29 is 4.79 Å². The van der Waals surface area contributed by atoms with Gasteiger partial charge in [-0.1, -0.05) is 19.9 Å². The lowest BCUT2D eigenvalue weighted by atomic mass is 9.71. The van der Waals surface area contributed by atoms with Gasteiger partial charge in [-0.15, -0.1) is 6.58 Å². The molecule has 1 nitrogen and oxygen atoms in total. The molecule has 1 atom stereocenters. The van der Waals surface area contributed by atoms with Gasteiger partial charge in [0.1, 0.15) is 5.78 Å². The molecule has 11 heavy (non-hydrogen) atoms. The summed E-state index contributed by atoms with van der Waals surface area (Å²) in [5, 5.41) is 0. The van der Waals surface area contributed by atoms with Gasteiger partial charge in [0.05, 0.1) is 0 Å². The first kappa shape index (κ1) is 8.51. The van der Waals surface area contributed by atoms with Crippen molar-refractivity contribution in [3.63, 3.8) is 0 Å². The van der Waals surface area contributed by atoms with Gasteiger partial charge < -0.3 is 0 Å². The number of carbonyl (C=O) groups excluding carboxylic acids is 1. The summed E-state index contributed by atoms with van der Waals surface area (Å²) in [5.41, 5.74) is -0.100. The number of allylic oxidation sites excluding steroid dienone is 1. The van der Waals surface area contributed by atoms with E-state index in [1.54, 1.807) is 0 Å². The normalized spacial score (nSPS) is 30.0. The molecule has 62 valence electrons. The molecule has 1 saturated carbocycles. The maximum Gasteiger partial charge on any atom is 0.138 e. The van der Waals surface area contributed by atoms with Crippen LogP contribution < -0.4 is 0 Å². The number of Topliss-reactive ketones (excluding diaryl/α,β-unsaturated/α-hetero) is 1. The molecule has 1 unspecified atom stereocenters. The first-order chi connectivity index (χ1) is 5.06. The van der Waals surface area contributed by atoms with Crippen molar-refractivity contribution in [2.24, 2.45) is 11.3 Å². The van der Waals surface area contributed by atoms with E-state index in [0.717, 1.165) is 19.3 Å². The lowest BCUT2D eigenvalue weighted by Gasteiger charge is -2.32. The Labute approximate surface area is 68.5 Å². The Bertz CT molecular complexity index is 179. The molecule has 0 aromatic carbocycles. The highest BCUT2D eigenvalue weighted by molar-refractivity contribution is 5.84. The maximum absolute atomic E-state index is 11.3. The molecular weight excluding hydrogens is 136 g/mol. The lowest BCUT2D eigenvalue weighted by Crippen LogP contribution is -2.31. The summed E-state index contributed by atoms with van der Waals surface area (Å²) < 4.78 is 0. The van der Waals surface area contributed by atoms with Crippen molar-refractivity contribution in [2.45, 2.75) is 33.1 Å². The predicted octanol–water partition coefficient (Wildman–Crippen LogP) is 2.57. The molecule has 0 N–H and O–H groups in total. The van der Waals surface area contributed by atoms with Crippen molar-refractivity contribution in [1.29, 1.82) is 0 Å². The molecule has 1 aliphatic rings. The van der Waals surface area contributed by atoms with Crippen LogP contribution in [-0.4, -0.2) is 5.78 Å². The summed E-state index contributed by atoms with van der Waals surface area (Å²) in [6.07, 6.45) is 4.71. The van der Waals surface area contributed by atoms with Crippen LogP contribution in [0.2, 0.25) is 0 Å². The molecule has 0 amide bonds. The average molecular weight is 152 g/mol. The van der Waals surface area contributed by atoms with Crippen LogP contribution in [-0.2, 0) is 4.79 Å². The van der Waals surface area contributed by atoms with E-state index < -0.39 is 0 Å². The molecule has 0 heterocycles. The second-order valence-electron chi connectivity index (χ2n) is 4.05. The highest BCUT2D eigenvalue weighted by Gasteiger charge is 2.33. The first-order valence-corrected chi connectivity index (χ1v) is 4.22. The Hall–Kier alpha value is -0.590. The monoisotopic (exact) mass is 152 g/mol. The molecule has 1 aliphatic carbocycles. The van der Waals surface area contributed by atoms with Gasteiger partial charge in [0.15, 0.2) is 0 Å². The standard InChI is InChI=1S/C10H16O/c1-4-8-5-6-9(11)10(2,3)7-8/h4,8H,1,5-7H2,2-3H3. The van der Waals surface area contributed by atoms with Gasteiger partial charge in [-0.2, -0.15) is 0 Å². The Morgan fingerprint density at radius 3 is 2.73 bits per heavy atom. The minimum atomic E-state index is -0.100. The van der Waals surface area contributed by atoms with Crippen LogP contribution in [0.5, 0.6) is 0 Å². The quantitative estimate of drug-likeness (QED) is 0.528. The molecule has 0 bridgehead atoms. The highest BCUT2D eigenvalue weighted by Crippen LogP contribution is 2.36. The molecule has 0 aromatic heterocycles. The number of rotatable bonds is 1. The molecular formula is C10H16O. The average Bonchev–Trinajstić information content (AvgIpc) is 1.95. The molecule has 0 radical (unpaired) electrons. The van der Waals surface area contributed by atoms with Crippen LogP contribution in [0.25, 0.3) is 0 Å². The summed E-state index contributed by atoms with van der Waals surface area (Å²) in [6, 6.07) is 0. The van der Waals surface area contributed by atoms with Crippen molar-refractivity contribution in [2.75, 3.05) is 0 Å². The second-order valence-corrected chi connectivity index (χ2v) is 4.05. The smallest absolute Gasteiger partial charge is 0.138 e. The Morgan fingerprint density at radius 1 is 1.64 bits per heavy atom. The van der Waals surface area contributed by atoms with Crippen LogP contribution in [0.15, 0.2) is 12.7 Å². The summed E-state index contributed by atoms with van der Waals surface area (Å²) in [4.78, 5) is 11.3. The van der Waals surface area contributed by atoms with Crippen molar-refractivity contribution >= 4 is 5.78 Å². The van der Waals surface area contributed by atoms with Crippen LogP contribution in [0.3, 0.4) is 0 Å². The fourth-order valence-corrected chi connectivity index (χ4v) is 1.73. The van der Waals surface area contributed by atoms with Crippen LogP contribution in [0.1, 0.15) is 33.1 Å². The molecule has 0 aromatic rings. The zero-order valence-electron chi connectivity index (χ0n) is 7.39. The molecule has 0 aliphatic heterocycles. The maximum atomic E-state index is 11.3. The van der Waals surface area contributed by atoms with Gasteiger partial charge in [-0.25, -0.2) is 0 Å². The minimum Gasteiger partial charge on any atom is -0.299 e. The third-order valence-corrected chi connectivity index (χ3v) is 2.60. The van der Waals surface area contributed by atoms with E-state index in [-0.39, 0.29) is 5.41 Å². The SMILES string of the molecule is C=CC1CCC(=O)C(C)(C)C1. The third kappa shape index (κ3) is 1.70. The van der Waals surface area contributed by atoms with Gasteiger partial charge in [-0.3, -0.25) is 4.79 Å². The van der Waals surface area contributed by atoms with Gasteiger partial charge in [0.2, 0.25) is 0 Å². The van der Waals surface area contributed by atoms with Crippen molar-refractivity contribution in [3.05, 3.63) is 12.7 Å².